The number of benzene rings is 2. The number of methoxy groups -OCH3 is 5. The number of aromatic amines is 1. The normalized spacial score (nSPS) is 25.4. The van der Waals surface area contributed by atoms with Crippen molar-refractivity contribution in [3.05, 3.63) is 58.8 Å². The van der Waals surface area contributed by atoms with Crippen molar-refractivity contribution in [1.82, 2.24) is 9.88 Å². The molecule has 1 aromatic heterocycles. The maximum Gasteiger partial charge on any atom is 0.343 e. The largest absolute Gasteiger partial charge is 0.497 e. The smallest absolute Gasteiger partial charge is 0.343 e. The van der Waals surface area contributed by atoms with Gasteiger partial charge in [-0.3, -0.25) is 9.69 Å². The number of esters is 2. The minimum Gasteiger partial charge on any atom is -0.497 e. The van der Waals surface area contributed by atoms with Gasteiger partial charge >= 0.3 is 17.9 Å². The second-order valence-corrected chi connectivity index (χ2v) is 12.2. The third kappa shape index (κ3) is 5.91. The van der Waals surface area contributed by atoms with E-state index in [0.717, 1.165) is 37.2 Å². The van der Waals surface area contributed by atoms with Crippen molar-refractivity contribution < 1.29 is 47.9 Å². The lowest BCUT2D eigenvalue weighted by molar-refractivity contribution is -0.187. The maximum atomic E-state index is 13.4. The first-order valence-corrected chi connectivity index (χ1v) is 15.6. The molecular formula is C35H40N2O10. The number of nitrogens with one attached hydrogen (secondary N) is 1. The van der Waals surface area contributed by atoms with Gasteiger partial charge in [0, 0.05) is 48.9 Å². The number of carbonyl (C=O) groups is 3. The molecule has 3 aliphatic rings. The van der Waals surface area contributed by atoms with Crippen molar-refractivity contribution >= 4 is 34.9 Å². The summed E-state index contributed by atoms with van der Waals surface area (Å²) >= 11 is 0. The molecule has 1 aliphatic carbocycles. The molecule has 1 saturated carbocycles. The first kappa shape index (κ1) is 32.4. The van der Waals surface area contributed by atoms with E-state index in [1.165, 1.54) is 69.4 Å². The molecule has 6 rings (SSSR count). The molecule has 0 bridgehead atoms. The molecule has 3 heterocycles. The van der Waals surface area contributed by atoms with Crippen LogP contribution in [0, 0.1) is 17.8 Å². The Labute approximate surface area is 272 Å². The van der Waals surface area contributed by atoms with Crippen LogP contribution in [0.25, 0.3) is 17.0 Å². The quantitative estimate of drug-likeness (QED) is 0.254. The SMILES string of the molecule is COC(=O)[C@H]1[C@H]2C[C@@H]3c4[nH]c5cc(OC)ccc5c4CCN3C[C@H]2C[C@@H](OC(=O)C=Cc2cc(OC)c(C(=O)O)c(OC)c2)[C@@H]1OC. The summed E-state index contributed by atoms with van der Waals surface area (Å²) in [5.41, 5.74) is 3.89. The molecule has 3 aromatic rings. The fraction of sp³-hybridized carbons (Fsp3) is 0.457. The number of hydrogen-bond donors (Lipinski definition) is 2. The van der Waals surface area contributed by atoms with Crippen LogP contribution in [-0.4, -0.2) is 93.7 Å². The van der Waals surface area contributed by atoms with Crippen molar-refractivity contribution in [2.75, 3.05) is 48.6 Å². The van der Waals surface area contributed by atoms with E-state index in [1.54, 1.807) is 7.11 Å². The first-order valence-electron chi connectivity index (χ1n) is 15.6. The van der Waals surface area contributed by atoms with Gasteiger partial charge in [-0.2, -0.15) is 0 Å². The summed E-state index contributed by atoms with van der Waals surface area (Å²) in [5.74, 6) is -1.81. The topological polar surface area (TPSA) is 146 Å². The fourth-order valence-corrected chi connectivity index (χ4v) is 7.95. The molecule has 2 N–H and O–H groups in total. The first-order chi connectivity index (χ1) is 22.7. The molecule has 2 aromatic carbocycles. The van der Waals surface area contributed by atoms with Gasteiger partial charge in [-0.05, 0) is 72.6 Å². The van der Waals surface area contributed by atoms with Crippen LogP contribution < -0.4 is 14.2 Å². The van der Waals surface area contributed by atoms with E-state index in [2.05, 4.69) is 16.0 Å². The molecular weight excluding hydrogens is 608 g/mol. The van der Waals surface area contributed by atoms with Gasteiger partial charge in [0.15, 0.2) is 0 Å². The van der Waals surface area contributed by atoms with E-state index >= 15 is 0 Å². The lowest BCUT2D eigenvalue weighted by Gasteiger charge is -2.52. The van der Waals surface area contributed by atoms with Crippen molar-refractivity contribution in [2.24, 2.45) is 17.8 Å². The number of fused-ring (bicyclic) bond motifs is 6. The van der Waals surface area contributed by atoms with Gasteiger partial charge < -0.3 is 38.5 Å². The number of H-pyrrole nitrogens is 1. The van der Waals surface area contributed by atoms with Crippen LogP contribution in [0.1, 0.15) is 46.1 Å². The van der Waals surface area contributed by atoms with Crippen LogP contribution in [0.5, 0.6) is 17.2 Å². The number of aromatic nitrogens is 1. The minimum atomic E-state index is -1.20. The summed E-state index contributed by atoms with van der Waals surface area (Å²) in [7, 11) is 7.27. The Hall–Kier alpha value is -4.55. The van der Waals surface area contributed by atoms with Gasteiger partial charge in [0.2, 0.25) is 0 Å². The number of carboxylic acid groups (broad SMARTS) is 1. The van der Waals surface area contributed by atoms with E-state index in [9.17, 15) is 19.5 Å². The highest BCUT2D eigenvalue weighted by Gasteiger charge is 2.54. The minimum absolute atomic E-state index is 0.0429. The van der Waals surface area contributed by atoms with E-state index < -0.39 is 30.1 Å². The van der Waals surface area contributed by atoms with Crippen molar-refractivity contribution in [1.29, 1.82) is 0 Å². The highest BCUT2D eigenvalue weighted by molar-refractivity contribution is 5.95. The number of ether oxygens (including phenoxy) is 6. The van der Waals surface area contributed by atoms with Gasteiger partial charge in [0.1, 0.15) is 35.0 Å². The van der Waals surface area contributed by atoms with Crippen LogP contribution >= 0.6 is 0 Å². The van der Waals surface area contributed by atoms with Crippen molar-refractivity contribution in [3.63, 3.8) is 0 Å². The Balaban J connectivity index is 1.24. The summed E-state index contributed by atoms with van der Waals surface area (Å²) in [6, 6.07) is 9.21. The Bertz CT molecular complexity index is 1690. The molecule has 12 nitrogen and oxygen atoms in total. The van der Waals surface area contributed by atoms with E-state index in [4.69, 9.17) is 28.4 Å². The number of piperidine rings is 1. The van der Waals surface area contributed by atoms with Crippen LogP contribution in [0.3, 0.4) is 0 Å². The summed E-state index contributed by atoms with van der Waals surface area (Å²) < 4.78 is 33.1. The second kappa shape index (κ2) is 13.3. The Kier molecular flexibility index (Phi) is 9.16. The lowest BCUT2D eigenvalue weighted by Crippen LogP contribution is -2.58. The number of nitrogens with zero attached hydrogens (tertiary/aromatic N) is 1. The van der Waals surface area contributed by atoms with Crippen LogP contribution in [-0.2, 0) is 30.2 Å². The Morgan fingerprint density at radius 1 is 0.979 bits per heavy atom. The zero-order chi connectivity index (χ0) is 33.4. The average molecular weight is 649 g/mol. The van der Waals surface area contributed by atoms with E-state index in [0.29, 0.717) is 12.0 Å². The third-order valence-electron chi connectivity index (χ3n) is 10.0. The zero-order valence-corrected chi connectivity index (χ0v) is 27.1. The standard InChI is InChI=1S/C35H40N2O10/c1-42-20-7-8-21-22-10-11-37-17-19-14-28(47-29(38)9-6-18-12-26(43-2)31(34(39)40)27(13-18)44-3)33(45-4)30(35(41)46-5)23(19)16-25(37)32(22)36-24(21)15-20/h6-9,12-13,15,19,23,25,28,30,33,36H,10-11,14,16-17H2,1-5H3,(H,39,40)/t19-,23+,25-,28-,30+,33+/m1/s1. The molecule has 0 spiro atoms. The molecule has 250 valence electrons. The summed E-state index contributed by atoms with van der Waals surface area (Å²) in [5, 5.41) is 10.8. The molecule has 1 saturated heterocycles. The lowest BCUT2D eigenvalue weighted by atomic mass is 9.63. The molecule has 2 fully saturated rings. The Morgan fingerprint density at radius 3 is 2.36 bits per heavy atom. The number of hydrogen-bond acceptors (Lipinski definition) is 10. The van der Waals surface area contributed by atoms with Crippen LogP contribution in [0.2, 0.25) is 0 Å². The van der Waals surface area contributed by atoms with Gasteiger partial charge in [0.25, 0.3) is 0 Å². The predicted octanol–water partition coefficient (Wildman–Crippen LogP) is 4.26. The van der Waals surface area contributed by atoms with Gasteiger partial charge in [-0.15, -0.1) is 0 Å². The van der Waals surface area contributed by atoms with Crippen molar-refractivity contribution in [2.45, 2.75) is 37.5 Å². The summed E-state index contributed by atoms with van der Waals surface area (Å²) in [6.07, 6.45) is 3.55. The number of carbonyl (C=O) groups excluding carboxylic acids is 2. The second-order valence-electron chi connectivity index (χ2n) is 12.2. The molecule has 0 amide bonds. The highest BCUT2D eigenvalue weighted by Crippen LogP contribution is 2.50. The molecule has 47 heavy (non-hydrogen) atoms. The summed E-state index contributed by atoms with van der Waals surface area (Å²) in [4.78, 5) is 44.4. The third-order valence-corrected chi connectivity index (χ3v) is 10.0. The van der Waals surface area contributed by atoms with Crippen molar-refractivity contribution in [3.8, 4) is 17.2 Å². The molecule has 2 aliphatic heterocycles. The maximum absolute atomic E-state index is 13.4. The average Bonchev–Trinajstić information content (AvgIpc) is 3.46. The monoisotopic (exact) mass is 648 g/mol. The zero-order valence-electron chi connectivity index (χ0n) is 27.1. The summed E-state index contributed by atoms with van der Waals surface area (Å²) in [6.45, 7) is 1.63. The molecule has 0 radical (unpaired) electrons. The number of carboxylic acids is 1. The van der Waals surface area contributed by atoms with E-state index in [-0.39, 0.29) is 40.9 Å². The molecule has 12 heteroatoms. The molecule has 6 atom stereocenters. The van der Waals surface area contributed by atoms with Gasteiger partial charge in [-0.25, -0.2) is 9.59 Å². The van der Waals surface area contributed by atoms with Crippen LogP contribution in [0.4, 0.5) is 0 Å². The Morgan fingerprint density at radius 2 is 1.72 bits per heavy atom. The van der Waals surface area contributed by atoms with Gasteiger partial charge in [0.05, 0.1) is 40.4 Å². The highest BCUT2D eigenvalue weighted by atomic mass is 16.6. The fourth-order valence-electron chi connectivity index (χ4n) is 7.95. The molecule has 0 unspecified atom stereocenters. The number of aromatic carboxylic acids is 1. The number of rotatable bonds is 9. The van der Waals surface area contributed by atoms with Gasteiger partial charge in [-0.1, -0.05) is 0 Å². The van der Waals surface area contributed by atoms with Crippen LogP contribution in [0.15, 0.2) is 36.4 Å². The van der Waals surface area contributed by atoms with E-state index in [1.807, 2.05) is 12.1 Å². The predicted molar refractivity (Wildman–Crippen MR) is 171 cm³/mol.